The predicted molar refractivity (Wildman–Crippen MR) is 96.1 cm³/mol. The van der Waals surface area contributed by atoms with Crippen molar-refractivity contribution in [2.45, 2.75) is 39.2 Å². The number of piperidine rings is 1. The Morgan fingerprint density at radius 1 is 1.20 bits per heavy atom. The first-order valence-electron chi connectivity index (χ1n) is 8.82. The van der Waals surface area contributed by atoms with Gasteiger partial charge in [-0.3, -0.25) is 9.59 Å². The van der Waals surface area contributed by atoms with Gasteiger partial charge in [0, 0.05) is 25.0 Å². The second-order valence-electron chi connectivity index (χ2n) is 6.42. The van der Waals surface area contributed by atoms with Gasteiger partial charge in [0.2, 0.25) is 5.91 Å². The molecule has 2 amide bonds. The van der Waals surface area contributed by atoms with Crippen LogP contribution in [0, 0.1) is 5.92 Å². The number of amides is 2. The molecule has 0 aromatic heterocycles. The summed E-state index contributed by atoms with van der Waals surface area (Å²) in [4.78, 5) is 27.0. The summed E-state index contributed by atoms with van der Waals surface area (Å²) < 4.78 is 10.6. The summed E-state index contributed by atoms with van der Waals surface area (Å²) in [5.41, 5.74) is 0.440. The first-order valence-corrected chi connectivity index (χ1v) is 8.82. The normalized spacial score (nSPS) is 16.2. The third kappa shape index (κ3) is 4.44. The van der Waals surface area contributed by atoms with Crippen molar-refractivity contribution in [1.29, 1.82) is 0 Å². The van der Waals surface area contributed by atoms with Crippen molar-refractivity contribution in [1.82, 2.24) is 10.2 Å². The number of nitrogens with zero attached hydrogens (tertiary/aromatic N) is 1. The fourth-order valence-corrected chi connectivity index (χ4v) is 3.03. The van der Waals surface area contributed by atoms with Gasteiger partial charge < -0.3 is 19.7 Å². The molecule has 1 heterocycles. The molecule has 1 fully saturated rings. The summed E-state index contributed by atoms with van der Waals surface area (Å²) in [5, 5.41) is 3.03. The monoisotopic (exact) mass is 348 g/mol. The number of benzene rings is 1. The van der Waals surface area contributed by atoms with Gasteiger partial charge in [-0.1, -0.05) is 13.0 Å². The molecule has 0 radical (unpaired) electrons. The largest absolute Gasteiger partial charge is 0.496 e. The van der Waals surface area contributed by atoms with Crippen LogP contribution in [0.15, 0.2) is 18.2 Å². The van der Waals surface area contributed by atoms with E-state index in [1.165, 1.54) is 14.2 Å². The number of carbonyl (C=O) groups excluding carboxylic acids is 2. The quantitative estimate of drug-likeness (QED) is 0.857. The lowest BCUT2D eigenvalue weighted by Crippen LogP contribution is -2.44. The van der Waals surface area contributed by atoms with Gasteiger partial charge >= 0.3 is 0 Å². The number of hydrogen-bond acceptors (Lipinski definition) is 4. The van der Waals surface area contributed by atoms with Crippen molar-refractivity contribution in [3.8, 4) is 11.5 Å². The summed E-state index contributed by atoms with van der Waals surface area (Å²) in [6.45, 7) is 5.16. The number of ether oxygens (including phenoxy) is 2. The Labute approximate surface area is 149 Å². The molecule has 0 unspecified atom stereocenters. The van der Waals surface area contributed by atoms with E-state index in [4.69, 9.17) is 9.47 Å². The lowest BCUT2D eigenvalue weighted by atomic mass is 9.95. The number of rotatable bonds is 6. The van der Waals surface area contributed by atoms with Crippen LogP contribution in [0.2, 0.25) is 0 Å². The SMILES string of the molecule is CC[C@@H](C)NC(=O)C1CCN(C(=O)c2c(OC)cccc2OC)CC1. The molecular formula is C19H28N2O4. The number of methoxy groups -OCH3 is 2. The molecule has 0 saturated carbocycles. The van der Waals surface area contributed by atoms with Gasteiger partial charge in [0.25, 0.3) is 5.91 Å². The van der Waals surface area contributed by atoms with E-state index in [1.807, 2.05) is 13.8 Å². The zero-order valence-corrected chi connectivity index (χ0v) is 15.5. The van der Waals surface area contributed by atoms with Crippen molar-refractivity contribution in [3.63, 3.8) is 0 Å². The fraction of sp³-hybridized carbons (Fsp3) is 0.579. The number of hydrogen-bond donors (Lipinski definition) is 1. The standard InChI is InChI=1S/C19H28N2O4/c1-5-13(2)20-18(22)14-9-11-21(12-10-14)19(23)17-15(24-3)7-6-8-16(17)25-4/h6-8,13-14H,5,9-12H2,1-4H3,(H,20,22)/t13-/m1/s1. The molecule has 1 aromatic rings. The van der Waals surface area contributed by atoms with E-state index in [1.54, 1.807) is 23.1 Å². The second-order valence-corrected chi connectivity index (χ2v) is 6.42. The van der Waals surface area contributed by atoms with Gasteiger partial charge in [-0.25, -0.2) is 0 Å². The van der Waals surface area contributed by atoms with Crippen molar-refractivity contribution < 1.29 is 19.1 Å². The maximum absolute atomic E-state index is 12.9. The zero-order valence-electron chi connectivity index (χ0n) is 15.5. The van der Waals surface area contributed by atoms with E-state index in [2.05, 4.69) is 5.32 Å². The molecule has 1 saturated heterocycles. The van der Waals surface area contributed by atoms with E-state index >= 15 is 0 Å². The zero-order chi connectivity index (χ0) is 18.4. The Bertz CT molecular complexity index is 587. The second kappa shape index (κ2) is 8.74. The smallest absolute Gasteiger partial charge is 0.261 e. The van der Waals surface area contributed by atoms with E-state index < -0.39 is 0 Å². The number of carbonyl (C=O) groups is 2. The van der Waals surface area contributed by atoms with Crippen LogP contribution >= 0.6 is 0 Å². The first kappa shape index (κ1) is 19.1. The van der Waals surface area contributed by atoms with Crippen LogP contribution in [0.25, 0.3) is 0 Å². The topological polar surface area (TPSA) is 67.9 Å². The van der Waals surface area contributed by atoms with E-state index in [-0.39, 0.29) is 23.8 Å². The molecule has 2 rings (SSSR count). The van der Waals surface area contributed by atoms with Crippen LogP contribution in [0.3, 0.4) is 0 Å². The summed E-state index contributed by atoms with van der Waals surface area (Å²) in [6.07, 6.45) is 2.26. The van der Waals surface area contributed by atoms with E-state index in [0.29, 0.717) is 43.0 Å². The molecule has 0 bridgehead atoms. The van der Waals surface area contributed by atoms with Crippen LogP contribution in [-0.4, -0.2) is 50.1 Å². The van der Waals surface area contributed by atoms with E-state index in [9.17, 15) is 9.59 Å². The van der Waals surface area contributed by atoms with Crippen LogP contribution in [0.5, 0.6) is 11.5 Å². The minimum absolute atomic E-state index is 0.0300. The van der Waals surface area contributed by atoms with Gasteiger partial charge in [0.1, 0.15) is 17.1 Å². The molecule has 0 spiro atoms. The van der Waals surface area contributed by atoms with Crippen molar-refractivity contribution >= 4 is 11.8 Å². The lowest BCUT2D eigenvalue weighted by Gasteiger charge is -2.32. The average molecular weight is 348 g/mol. The highest BCUT2D eigenvalue weighted by Gasteiger charge is 2.30. The van der Waals surface area contributed by atoms with Gasteiger partial charge in [0.05, 0.1) is 14.2 Å². The highest BCUT2D eigenvalue weighted by Crippen LogP contribution is 2.31. The van der Waals surface area contributed by atoms with Gasteiger partial charge in [-0.15, -0.1) is 0 Å². The van der Waals surface area contributed by atoms with E-state index in [0.717, 1.165) is 6.42 Å². The van der Waals surface area contributed by atoms with Crippen molar-refractivity contribution in [2.24, 2.45) is 5.92 Å². The van der Waals surface area contributed by atoms with Crippen LogP contribution in [0.1, 0.15) is 43.5 Å². The molecule has 1 atom stereocenters. The molecule has 1 N–H and O–H groups in total. The average Bonchev–Trinajstić information content (AvgIpc) is 2.66. The molecule has 6 heteroatoms. The van der Waals surface area contributed by atoms with Gasteiger partial charge in [0.15, 0.2) is 0 Å². The molecule has 1 aromatic carbocycles. The summed E-state index contributed by atoms with van der Waals surface area (Å²) in [5.74, 6) is 0.950. The Balaban J connectivity index is 2.04. The maximum Gasteiger partial charge on any atom is 0.261 e. The lowest BCUT2D eigenvalue weighted by molar-refractivity contribution is -0.126. The summed E-state index contributed by atoms with van der Waals surface area (Å²) in [7, 11) is 3.08. The van der Waals surface area contributed by atoms with Crippen LogP contribution in [-0.2, 0) is 4.79 Å². The van der Waals surface area contributed by atoms with Crippen molar-refractivity contribution in [3.05, 3.63) is 23.8 Å². The van der Waals surface area contributed by atoms with Gasteiger partial charge in [-0.2, -0.15) is 0 Å². The van der Waals surface area contributed by atoms with Gasteiger partial charge in [-0.05, 0) is 38.3 Å². The summed E-state index contributed by atoms with van der Waals surface area (Å²) in [6, 6.07) is 5.48. The molecule has 6 nitrogen and oxygen atoms in total. The third-order valence-corrected chi connectivity index (χ3v) is 4.80. The van der Waals surface area contributed by atoms with Crippen LogP contribution < -0.4 is 14.8 Å². The van der Waals surface area contributed by atoms with Crippen LogP contribution in [0.4, 0.5) is 0 Å². The molecule has 0 aliphatic carbocycles. The van der Waals surface area contributed by atoms with Crippen molar-refractivity contribution in [2.75, 3.05) is 27.3 Å². The summed E-state index contributed by atoms with van der Waals surface area (Å²) >= 11 is 0. The molecule has 1 aliphatic rings. The molecule has 1 aliphatic heterocycles. The predicted octanol–water partition coefficient (Wildman–Crippen LogP) is 2.47. The maximum atomic E-state index is 12.9. The minimum atomic E-state index is -0.116. The Kier molecular flexibility index (Phi) is 6.67. The highest BCUT2D eigenvalue weighted by atomic mass is 16.5. The Morgan fingerprint density at radius 2 is 1.76 bits per heavy atom. The highest BCUT2D eigenvalue weighted by molar-refractivity contribution is 5.99. The Morgan fingerprint density at radius 3 is 2.24 bits per heavy atom. The number of likely N-dealkylation sites (tertiary alicyclic amines) is 1. The number of nitrogens with one attached hydrogen (secondary N) is 1. The molecule has 138 valence electrons. The molecule has 25 heavy (non-hydrogen) atoms. The first-order chi connectivity index (χ1) is 12.0. The fourth-order valence-electron chi connectivity index (χ4n) is 3.03. The third-order valence-electron chi connectivity index (χ3n) is 4.80. The Hall–Kier alpha value is -2.24. The minimum Gasteiger partial charge on any atom is -0.496 e. The molecular weight excluding hydrogens is 320 g/mol.